The van der Waals surface area contributed by atoms with Crippen LogP contribution in [0.15, 0.2) is 78.5 Å². The summed E-state index contributed by atoms with van der Waals surface area (Å²) in [6.45, 7) is 0. The van der Waals surface area contributed by atoms with E-state index in [-0.39, 0.29) is 29.1 Å². The average molecular weight is 506 g/mol. The Labute approximate surface area is 208 Å². The molecular formula is C25H23N5O5S. The molecule has 0 aliphatic rings. The standard InChI is InChI=1S/C25H23N5O5S/c1-33-19-11-6-7-12-20(19)35-21-22(28-17-36(31,32)16-13-18-9-4-3-5-10-18)29-24(30-25(21)34-2)23-26-14-8-15-27-23/h3-16H,17H2,1-2H3,(H,28,29,30)/b16-13+. The number of anilines is 1. The van der Waals surface area contributed by atoms with Gasteiger partial charge >= 0.3 is 0 Å². The SMILES string of the molecule is COc1ccccc1Oc1c(NCS(=O)(=O)/C=C/c2ccccc2)nc(-c2ncccn2)nc1OC. The zero-order valence-electron chi connectivity index (χ0n) is 19.5. The number of hydrogen-bond donors (Lipinski definition) is 1. The van der Waals surface area contributed by atoms with Gasteiger partial charge in [-0.15, -0.1) is 0 Å². The van der Waals surface area contributed by atoms with Gasteiger partial charge < -0.3 is 19.5 Å². The lowest BCUT2D eigenvalue weighted by Gasteiger charge is -2.16. The van der Waals surface area contributed by atoms with Crippen molar-refractivity contribution >= 4 is 21.7 Å². The van der Waals surface area contributed by atoms with Crippen LogP contribution in [0.4, 0.5) is 5.82 Å². The molecule has 2 aromatic heterocycles. The number of benzene rings is 2. The third-order valence-electron chi connectivity index (χ3n) is 4.78. The molecule has 0 saturated carbocycles. The molecule has 0 atom stereocenters. The minimum absolute atomic E-state index is 0.0538. The summed E-state index contributed by atoms with van der Waals surface area (Å²) in [6.07, 6.45) is 4.61. The first-order chi connectivity index (χ1) is 17.5. The highest BCUT2D eigenvalue weighted by Crippen LogP contribution is 2.40. The van der Waals surface area contributed by atoms with Crippen LogP contribution in [0, 0.1) is 0 Å². The summed E-state index contributed by atoms with van der Waals surface area (Å²) in [6, 6.07) is 17.7. The first-order valence-electron chi connectivity index (χ1n) is 10.7. The fourth-order valence-corrected chi connectivity index (χ4v) is 3.87. The van der Waals surface area contributed by atoms with Crippen LogP contribution < -0.4 is 19.5 Å². The predicted octanol–water partition coefficient (Wildman–Crippen LogP) is 4.20. The predicted molar refractivity (Wildman–Crippen MR) is 136 cm³/mol. The van der Waals surface area contributed by atoms with Crippen LogP contribution in [-0.4, -0.2) is 48.5 Å². The van der Waals surface area contributed by atoms with Crippen LogP contribution in [0.5, 0.6) is 23.1 Å². The third kappa shape index (κ3) is 6.13. The minimum Gasteiger partial charge on any atom is -0.493 e. The van der Waals surface area contributed by atoms with E-state index in [1.807, 2.05) is 18.2 Å². The average Bonchev–Trinajstić information content (AvgIpc) is 2.92. The van der Waals surface area contributed by atoms with Gasteiger partial charge in [-0.3, -0.25) is 0 Å². The highest BCUT2D eigenvalue weighted by molar-refractivity contribution is 7.94. The Kier molecular flexibility index (Phi) is 7.71. The Morgan fingerprint density at radius 1 is 0.833 bits per heavy atom. The quantitative estimate of drug-likeness (QED) is 0.335. The van der Waals surface area contributed by atoms with Gasteiger partial charge in [0, 0.05) is 17.8 Å². The van der Waals surface area contributed by atoms with Gasteiger partial charge in [0.25, 0.3) is 5.88 Å². The Hall–Kier alpha value is -4.51. The largest absolute Gasteiger partial charge is 0.493 e. The highest BCUT2D eigenvalue weighted by atomic mass is 32.2. The second-order valence-electron chi connectivity index (χ2n) is 7.26. The van der Waals surface area contributed by atoms with E-state index in [1.165, 1.54) is 20.3 Å². The maximum absolute atomic E-state index is 12.7. The number of ether oxygens (including phenoxy) is 3. The molecule has 0 fully saturated rings. The van der Waals surface area contributed by atoms with Crippen molar-refractivity contribution in [1.29, 1.82) is 0 Å². The van der Waals surface area contributed by atoms with Gasteiger partial charge in [0.05, 0.1) is 14.2 Å². The number of sulfone groups is 1. The second kappa shape index (κ2) is 11.3. The highest BCUT2D eigenvalue weighted by Gasteiger charge is 2.22. The summed E-state index contributed by atoms with van der Waals surface area (Å²) >= 11 is 0. The fraction of sp³-hybridized carbons (Fsp3) is 0.120. The number of rotatable bonds is 10. The van der Waals surface area contributed by atoms with Crippen LogP contribution in [0.3, 0.4) is 0 Å². The summed E-state index contributed by atoms with van der Waals surface area (Å²) in [5.41, 5.74) is 0.758. The number of nitrogens with one attached hydrogen (secondary N) is 1. The van der Waals surface area contributed by atoms with E-state index >= 15 is 0 Å². The van der Waals surface area contributed by atoms with Crippen molar-refractivity contribution in [1.82, 2.24) is 19.9 Å². The van der Waals surface area contributed by atoms with Crippen molar-refractivity contribution in [2.75, 3.05) is 25.4 Å². The smallest absolute Gasteiger partial charge is 0.263 e. The Morgan fingerprint density at radius 3 is 2.22 bits per heavy atom. The lowest BCUT2D eigenvalue weighted by molar-refractivity contribution is 0.347. The molecule has 0 saturated heterocycles. The summed E-state index contributed by atoms with van der Waals surface area (Å²) in [7, 11) is -0.758. The van der Waals surface area contributed by atoms with E-state index in [9.17, 15) is 8.42 Å². The molecule has 0 radical (unpaired) electrons. The molecule has 184 valence electrons. The molecule has 4 aromatic rings. The molecule has 4 rings (SSSR count). The van der Waals surface area contributed by atoms with E-state index in [1.54, 1.807) is 54.9 Å². The first-order valence-corrected chi connectivity index (χ1v) is 12.4. The van der Waals surface area contributed by atoms with E-state index in [2.05, 4.69) is 25.3 Å². The fourth-order valence-electron chi connectivity index (χ4n) is 3.07. The molecule has 2 aromatic carbocycles. The summed E-state index contributed by atoms with van der Waals surface area (Å²) < 4.78 is 42.4. The van der Waals surface area contributed by atoms with Crippen LogP contribution >= 0.6 is 0 Å². The zero-order chi connectivity index (χ0) is 25.4. The van der Waals surface area contributed by atoms with Gasteiger partial charge in [0.1, 0.15) is 5.88 Å². The molecule has 0 aliphatic heterocycles. The summed E-state index contributed by atoms with van der Waals surface area (Å²) in [5.74, 6) is 0.913. The van der Waals surface area contributed by atoms with E-state index in [0.29, 0.717) is 11.5 Å². The Bertz CT molecular complexity index is 1450. The first kappa shape index (κ1) is 24.6. The summed E-state index contributed by atoms with van der Waals surface area (Å²) in [5, 5.41) is 3.98. The molecule has 10 nitrogen and oxygen atoms in total. The molecule has 0 amide bonds. The Balaban J connectivity index is 1.70. The van der Waals surface area contributed by atoms with Crippen molar-refractivity contribution in [3.8, 4) is 34.8 Å². The monoisotopic (exact) mass is 505 g/mol. The van der Waals surface area contributed by atoms with Crippen molar-refractivity contribution in [3.63, 3.8) is 0 Å². The second-order valence-corrected chi connectivity index (χ2v) is 9.14. The third-order valence-corrected chi connectivity index (χ3v) is 5.88. The number of methoxy groups -OCH3 is 2. The van der Waals surface area contributed by atoms with Gasteiger partial charge in [-0.05, 0) is 29.8 Å². The maximum Gasteiger partial charge on any atom is 0.263 e. The van der Waals surface area contributed by atoms with Crippen LogP contribution in [0.2, 0.25) is 0 Å². The minimum atomic E-state index is -3.68. The number of hydrogen-bond acceptors (Lipinski definition) is 10. The van der Waals surface area contributed by atoms with Gasteiger partial charge in [-0.25, -0.2) is 23.4 Å². The molecule has 1 N–H and O–H groups in total. The molecule has 0 bridgehead atoms. The number of nitrogens with zero attached hydrogens (tertiary/aromatic N) is 4. The number of aromatic nitrogens is 4. The Morgan fingerprint density at radius 2 is 1.53 bits per heavy atom. The maximum atomic E-state index is 12.7. The zero-order valence-corrected chi connectivity index (χ0v) is 20.3. The molecular weight excluding hydrogens is 482 g/mol. The van der Waals surface area contributed by atoms with Gasteiger partial charge in [0.15, 0.2) is 33.0 Å². The lowest BCUT2D eigenvalue weighted by Crippen LogP contribution is -2.15. The van der Waals surface area contributed by atoms with E-state index in [4.69, 9.17) is 14.2 Å². The molecule has 11 heteroatoms. The molecule has 2 heterocycles. The number of para-hydroxylation sites is 2. The summed E-state index contributed by atoms with van der Waals surface area (Å²) in [4.78, 5) is 17.1. The topological polar surface area (TPSA) is 125 Å². The normalized spacial score (nSPS) is 11.3. The lowest BCUT2D eigenvalue weighted by atomic mass is 10.2. The van der Waals surface area contributed by atoms with Crippen LogP contribution in [-0.2, 0) is 9.84 Å². The van der Waals surface area contributed by atoms with Crippen molar-refractivity contribution in [2.45, 2.75) is 0 Å². The molecule has 0 aliphatic carbocycles. The van der Waals surface area contributed by atoms with Gasteiger partial charge in [-0.1, -0.05) is 42.5 Å². The van der Waals surface area contributed by atoms with E-state index < -0.39 is 15.7 Å². The molecule has 0 unspecified atom stereocenters. The van der Waals surface area contributed by atoms with Gasteiger partial charge in [0.2, 0.25) is 11.6 Å². The van der Waals surface area contributed by atoms with E-state index in [0.717, 1.165) is 11.0 Å². The van der Waals surface area contributed by atoms with Crippen molar-refractivity contribution in [2.24, 2.45) is 0 Å². The van der Waals surface area contributed by atoms with Gasteiger partial charge in [-0.2, -0.15) is 4.98 Å². The van der Waals surface area contributed by atoms with Crippen molar-refractivity contribution in [3.05, 3.63) is 84.0 Å². The molecule has 36 heavy (non-hydrogen) atoms. The van der Waals surface area contributed by atoms with Crippen LogP contribution in [0.25, 0.3) is 17.7 Å². The molecule has 0 spiro atoms. The van der Waals surface area contributed by atoms with Crippen molar-refractivity contribution < 1.29 is 22.6 Å². The van der Waals surface area contributed by atoms with Crippen LogP contribution in [0.1, 0.15) is 5.56 Å².